The first-order chi connectivity index (χ1) is 11.5. The van der Waals surface area contributed by atoms with Crippen molar-refractivity contribution in [3.63, 3.8) is 0 Å². The van der Waals surface area contributed by atoms with Crippen LogP contribution in [0, 0.1) is 0 Å². The molecule has 24 heavy (non-hydrogen) atoms. The van der Waals surface area contributed by atoms with Gasteiger partial charge in [0, 0.05) is 22.3 Å². The van der Waals surface area contributed by atoms with Crippen LogP contribution in [0.3, 0.4) is 0 Å². The molecule has 0 saturated heterocycles. The first kappa shape index (κ1) is 15.4. The van der Waals surface area contributed by atoms with Gasteiger partial charge in [-0.05, 0) is 61.2 Å². The zero-order chi connectivity index (χ0) is 16.8. The number of benzene rings is 2. The number of anilines is 2. The van der Waals surface area contributed by atoms with E-state index in [9.17, 15) is 9.59 Å². The third-order valence-electron chi connectivity index (χ3n) is 4.76. The highest BCUT2D eigenvalue weighted by Crippen LogP contribution is 2.44. The third-order valence-corrected chi connectivity index (χ3v) is 5.26. The summed E-state index contributed by atoms with van der Waals surface area (Å²) >= 11 is 3.38. The van der Waals surface area contributed by atoms with Gasteiger partial charge in [0.05, 0.1) is 11.6 Å². The van der Waals surface area contributed by atoms with Crippen LogP contribution in [-0.4, -0.2) is 18.4 Å². The minimum Gasteiger partial charge on any atom is -0.322 e. The van der Waals surface area contributed by atoms with Crippen LogP contribution in [0.2, 0.25) is 0 Å². The summed E-state index contributed by atoms with van der Waals surface area (Å²) in [7, 11) is 0. The molecule has 2 aromatic rings. The van der Waals surface area contributed by atoms with E-state index in [1.54, 1.807) is 12.1 Å². The third kappa shape index (κ3) is 2.44. The molecule has 0 radical (unpaired) electrons. The van der Waals surface area contributed by atoms with E-state index < -0.39 is 0 Å². The predicted molar refractivity (Wildman–Crippen MR) is 97.6 cm³/mol. The highest BCUT2D eigenvalue weighted by Gasteiger charge is 2.37. The van der Waals surface area contributed by atoms with Crippen molar-refractivity contribution in [1.82, 2.24) is 0 Å². The maximum atomic E-state index is 12.5. The Morgan fingerprint density at radius 2 is 2.12 bits per heavy atom. The average molecular weight is 385 g/mol. The van der Waals surface area contributed by atoms with E-state index in [2.05, 4.69) is 21.2 Å². The van der Waals surface area contributed by atoms with Gasteiger partial charge >= 0.3 is 0 Å². The Bertz CT molecular complexity index is 862. The fourth-order valence-electron chi connectivity index (χ4n) is 3.60. The van der Waals surface area contributed by atoms with Crippen LogP contribution in [0.25, 0.3) is 0 Å². The summed E-state index contributed by atoms with van der Waals surface area (Å²) in [5.74, 6) is -0.117. The molecule has 1 N–H and O–H groups in total. The average Bonchev–Trinajstić information content (AvgIpc) is 2.82. The number of hydrogen-bond donors (Lipinski definition) is 1. The second-order valence-electron chi connectivity index (χ2n) is 6.35. The molecule has 5 heteroatoms. The molecule has 2 amide bonds. The van der Waals surface area contributed by atoms with Gasteiger partial charge in [0.2, 0.25) is 5.91 Å². The van der Waals surface area contributed by atoms with E-state index in [0.29, 0.717) is 5.56 Å². The molecule has 0 spiro atoms. The van der Waals surface area contributed by atoms with Crippen LogP contribution in [-0.2, 0) is 11.2 Å². The number of halogens is 1. The van der Waals surface area contributed by atoms with Gasteiger partial charge in [-0.2, -0.15) is 0 Å². The summed E-state index contributed by atoms with van der Waals surface area (Å²) in [5.41, 5.74) is 4.61. The quantitative estimate of drug-likeness (QED) is 0.847. The first-order valence-electron chi connectivity index (χ1n) is 8.09. The van der Waals surface area contributed by atoms with Crippen LogP contribution < -0.4 is 10.2 Å². The Kier molecular flexibility index (Phi) is 3.68. The van der Waals surface area contributed by atoms with Crippen LogP contribution in [0.4, 0.5) is 11.4 Å². The van der Waals surface area contributed by atoms with E-state index >= 15 is 0 Å². The number of aryl methyl sites for hydroxylation is 1. The van der Waals surface area contributed by atoms with Gasteiger partial charge in [0.25, 0.3) is 5.91 Å². The lowest BCUT2D eigenvalue weighted by molar-refractivity contribution is -0.119. The largest absolute Gasteiger partial charge is 0.322 e. The van der Waals surface area contributed by atoms with E-state index in [-0.39, 0.29) is 17.7 Å². The number of rotatable bonds is 2. The van der Waals surface area contributed by atoms with E-state index in [1.165, 1.54) is 0 Å². The SMILES string of the molecule is C[C@@H]1C(=O)N2CCCc3cc(NC(=O)c4cccc(Br)c4)cc1c32. The Balaban J connectivity index is 1.69. The fraction of sp³-hybridized carbons (Fsp3) is 0.263. The smallest absolute Gasteiger partial charge is 0.255 e. The van der Waals surface area contributed by atoms with Gasteiger partial charge in [-0.3, -0.25) is 9.59 Å². The lowest BCUT2D eigenvalue weighted by atomic mass is 9.96. The minimum absolute atomic E-state index is 0.139. The molecule has 2 aliphatic heterocycles. The molecule has 4 rings (SSSR count). The van der Waals surface area contributed by atoms with Crippen LogP contribution in [0.15, 0.2) is 40.9 Å². The first-order valence-corrected chi connectivity index (χ1v) is 8.89. The molecule has 0 aromatic heterocycles. The van der Waals surface area contributed by atoms with Crippen molar-refractivity contribution in [2.75, 3.05) is 16.8 Å². The second kappa shape index (κ2) is 5.74. The molecule has 2 aromatic carbocycles. The maximum absolute atomic E-state index is 12.5. The van der Waals surface area contributed by atoms with E-state index in [4.69, 9.17) is 0 Å². The maximum Gasteiger partial charge on any atom is 0.255 e. The summed E-state index contributed by atoms with van der Waals surface area (Å²) in [6, 6.07) is 11.3. The standard InChI is InChI=1S/C19H17BrN2O2/c1-11-16-10-15(21-18(23)13-4-2-6-14(20)8-13)9-12-5-3-7-22(17(12)16)19(11)24/h2,4,6,8-11H,3,5,7H2,1H3,(H,21,23)/t11-/m0/s1. The zero-order valence-corrected chi connectivity index (χ0v) is 14.9. The summed E-state index contributed by atoms with van der Waals surface area (Å²) in [4.78, 5) is 26.8. The van der Waals surface area contributed by atoms with Gasteiger partial charge < -0.3 is 10.2 Å². The number of carbonyl (C=O) groups is 2. The number of hydrogen-bond acceptors (Lipinski definition) is 2. The van der Waals surface area contributed by atoms with E-state index in [0.717, 1.165) is 46.4 Å². The molecule has 0 aliphatic carbocycles. The van der Waals surface area contributed by atoms with Crippen LogP contribution in [0.1, 0.15) is 40.7 Å². The highest BCUT2D eigenvalue weighted by atomic mass is 79.9. The molecule has 0 saturated carbocycles. The van der Waals surface area contributed by atoms with Gasteiger partial charge in [-0.25, -0.2) is 0 Å². The lowest BCUT2D eigenvalue weighted by Crippen LogP contribution is -2.32. The molecule has 0 unspecified atom stereocenters. The predicted octanol–water partition coefficient (Wildman–Crippen LogP) is 4.10. The highest BCUT2D eigenvalue weighted by molar-refractivity contribution is 9.10. The van der Waals surface area contributed by atoms with Gasteiger partial charge in [-0.15, -0.1) is 0 Å². The van der Waals surface area contributed by atoms with Crippen molar-refractivity contribution in [2.24, 2.45) is 0 Å². The normalized spacial score (nSPS) is 18.5. The number of amides is 2. The molecule has 2 aliphatic rings. The molecular weight excluding hydrogens is 368 g/mol. The molecule has 0 bridgehead atoms. The molecule has 0 fully saturated rings. The minimum atomic E-state index is -0.145. The Labute approximate surface area is 149 Å². The zero-order valence-electron chi connectivity index (χ0n) is 13.3. The Hall–Kier alpha value is -2.14. The molecule has 122 valence electrons. The number of nitrogens with zero attached hydrogens (tertiary/aromatic N) is 1. The molecule has 1 atom stereocenters. The summed E-state index contributed by atoms with van der Waals surface area (Å²) in [6.45, 7) is 2.74. The van der Waals surface area contributed by atoms with Crippen LogP contribution >= 0.6 is 15.9 Å². The summed E-state index contributed by atoms with van der Waals surface area (Å²) in [5, 5.41) is 2.97. The second-order valence-corrected chi connectivity index (χ2v) is 7.27. The number of carbonyl (C=O) groups excluding carboxylic acids is 2. The van der Waals surface area contributed by atoms with Crippen LogP contribution in [0.5, 0.6) is 0 Å². The Morgan fingerprint density at radius 1 is 1.29 bits per heavy atom. The molecule has 2 heterocycles. The van der Waals surface area contributed by atoms with Crippen molar-refractivity contribution in [3.05, 3.63) is 57.6 Å². The van der Waals surface area contributed by atoms with Crippen molar-refractivity contribution >= 4 is 39.1 Å². The number of nitrogens with one attached hydrogen (secondary N) is 1. The lowest BCUT2D eigenvalue weighted by Gasteiger charge is -2.26. The van der Waals surface area contributed by atoms with Gasteiger partial charge in [0.1, 0.15) is 0 Å². The Morgan fingerprint density at radius 3 is 2.92 bits per heavy atom. The summed E-state index contributed by atoms with van der Waals surface area (Å²) in [6.07, 6.45) is 1.91. The topological polar surface area (TPSA) is 49.4 Å². The monoisotopic (exact) mass is 384 g/mol. The van der Waals surface area contributed by atoms with Gasteiger partial charge in [-0.1, -0.05) is 22.0 Å². The summed E-state index contributed by atoms with van der Waals surface area (Å²) < 4.78 is 0.869. The molecular formula is C19H17BrN2O2. The van der Waals surface area contributed by atoms with Crippen molar-refractivity contribution in [2.45, 2.75) is 25.7 Å². The fourth-order valence-corrected chi connectivity index (χ4v) is 4.00. The van der Waals surface area contributed by atoms with Crippen molar-refractivity contribution < 1.29 is 9.59 Å². The van der Waals surface area contributed by atoms with Gasteiger partial charge in [0.15, 0.2) is 0 Å². The van der Waals surface area contributed by atoms with Crippen molar-refractivity contribution in [1.29, 1.82) is 0 Å². The molecule has 4 nitrogen and oxygen atoms in total. The van der Waals surface area contributed by atoms with E-state index in [1.807, 2.05) is 36.1 Å². The van der Waals surface area contributed by atoms with Crippen molar-refractivity contribution in [3.8, 4) is 0 Å².